The molecule has 1 atom stereocenters. The van der Waals surface area contributed by atoms with E-state index in [0.29, 0.717) is 0 Å². The van der Waals surface area contributed by atoms with Gasteiger partial charge in [-0.1, -0.05) is 18.2 Å². The maximum absolute atomic E-state index is 6.34. The van der Waals surface area contributed by atoms with E-state index in [9.17, 15) is 0 Å². The highest BCUT2D eigenvalue weighted by atomic mass is 32.1. The number of thiophene rings is 1. The second kappa shape index (κ2) is 4.76. The summed E-state index contributed by atoms with van der Waals surface area (Å²) < 4.78 is 0. The van der Waals surface area contributed by atoms with Crippen LogP contribution in [-0.4, -0.2) is 4.98 Å². The van der Waals surface area contributed by atoms with E-state index < -0.39 is 0 Å². The first-order valence-corrected chi connectivity index (χ1v) is 7.15. The van der Waals surface area contributed by atoms with Gasteiger partial charge in [0.2, 0.25) is 0 Å². The van der Waals surface area contributed by atoms with Crippen LogP contribution in [-0.2, 0) is 0 Å². The molecule has 1 aromatic carbocycles. The summed E-state index contributed by atoms with van der Waals surface area (Å²) in [6, 6.07) is 14.4. The molecule has 0 saturated carbocycles. The Balaban J connectivity index is 2.10. The van der Waals surface area contributed by atoms with Gasteiger partial charge in [-0.15, -0.1) is 11.3 Å². The number of aryl methyl sites for hydroxylation is 2. The summed E-state index contributed by atoms with van der Waals surface area (Å²) in [6.07, 6.45) is 0. The molecule has 1 unspecified atom stereocenters. The Bertz CT molecular complexity index is 730. The highest BCUT2D eigenvalue weighted by molar-refractivity contribution is 7.12. The molecule has 3 rings (SSSR count). The number of hydrogen-bond acceptors (Lipinski definition) is 3. The summed E-state index contributed by atoms with van der Waals surface area (Å²) in [5, 5.41) is 1.20. The van der Waals surface area contributed by atoms with Crippen LogP contribution in [0, 0.1) is 13.8 Å². The number of fused-ring (bicyclic) bond motifs is 1. The quantitative estimate of drug-likeness (QED) is 0.764. The third-order valence-electron chi connectivity index (χ3n) is 3.33. The van der Waals surface area contributed by atoms with Gasteiger partial charge in [0.15, 0.2) is 0 Å². The molecular weight excluding hydrogens is 252 g/mol. The first-order chi connectivity index (χ1) is 9.15. The van der Waals surface area contributed by atoms with Gasteiger partial charge >= 0.3 is 0 Å². The molecule has 96 valence electrons. The lowest BCUT2D eigenvalue weighted by Crippen LogP contribution is -2.12. The average molecular weight is 268 g/mol. The van der Waals surface area contributed by atoms with Crippen molar-refractivity contribution in [2.75, 3.05) is 0 Å². The number of nitrogens with zero attached hydrogens (tertiary/aromatic N) is 1. The summed E-state index contributed by atoms with van der Waals surface area (Å²) >= 11 is 1.74. The summed E-state index contributed by atoms with van der Waals surface area (Å²) in [6.45, 7) is 4.21. The number of hydrogen-bond donors (Lipinski definition) is 1. The zero-order valence-corrected chi connectivity index (χ0v) is 11.9. The molecule has 3 aromatic rings. The molecule has 2 heterocycles. The molecule has 0 saturated heterocycles. The minimum atomic E-state index is -0.137. The van der Waals surface area contributed by atoms with Crippen molar-refractivity contribution in [1.29, 1.82) is 0 Å². The van der Waals surface area contributed by atoms with Crippen LogP contribution in [0.5, 0.6) is 0 Å². The van der Waals surface area contributed by atoms with Crippen LogP contribution in [0.3, 0.4) is 0 Å². The van der Waals surface area contributed by atoms with Gasteiger partial charge in [0.1, 0.15) is 0 Å². The minimum Gasteiger partial charge on any atom is -0.318 e. The Morgan fingerprint density at radius 2 is 1.89 bits per heavy atom. The summed E-state index contributed by atoms with van der Waals surface area (Å²) in [4.78, 5) is 7.15. The van der Waals surface area contributed by atoms with Gasteiger partial charge in [-0.05, 0) is 43.7 Å². The number of rotatable bonds is 2. The van der Waals surface area contributed by atoms with Crippen molar-refractivity contribution >= 4 is 22.2 Å². The van der Waals surface area contributed by atoms with Gasteiger partial charge in [0.05, 0.1) is 17.3 Å². The van der Waals surface area contributed by atoms with E-state index in [4.69, 9.17) is 10.7 Å². The van der Waals surface area contributed by atoms with E-state index in [2.05, 4.69) is 38.1 Å². The topological polar surface area (TPSA) is 38.9 Å². The van der Waals surface area contributed by atoms with Crippen molar-refractivity contribution in [2.45, 2.75) is 19.9 Å². The molecule has 3 heteroatoms. The normalized spacial score (nSPS) is 12.8. The van der Waals surface area contributed by atoms with Gasteiger partial charge in [-0.2, -0.15) is 0 Å². The number of para-hydroxylation sites is 1. The van der Waals surface area contributed by atoms with E-state index in [1.807, 2.05) is 18.2 Å². The summed E-state index contributed by atoms with van der Waals surface area (Å²) in [5.74, 6) is 0. The molecule has 2 N–H and O–H groups in total. The lowest BCUT2D eigenvalue weighted by atomic mass is 10.1. The standard InChI is InChI=1S/C16H16N2S/c1-10-9-14(16(17)15-8-7-11(2)19-15)18-13-6-4-3-5-12(10)13/h3-9,16H,17H2,1-2H3. The fraction of sp³-hybridized carbons (Fsp3) is 0.188. The van der Waals surface area contributed by atoms with Crippen LogP contribution in [0.4, 0.5) is 0 Å². The molecule has 2 aromatic heterocycles. The molecular formula is C16H16N2S. The van der Waals surface area contributed by atoms with Gasteiger partial charge in [0.25, 0.3) is 0 Å². The van der Waals surface area contributed by atoms with Crippen LogP contribution in [0.25, 0.3) is 10.9 Å². The Morgan fingerprint density at radius 3 is 2.63 bits per heavy atom. The predicted octanol–water partition coefficient (Wildman–Crippen LogP) is 3.96. The fourth-order valence-electron chi connectivity index (χ4n) is 2.30. The third kappa shape index (κ3) is 2.27. The van der Waals surface area contributed by atoms with Crippen LogP contribution in [0.15, 0.2) is 42.5 Å². The largest absolute Gasteiger partial charge is 0.318 e. The van der Waals surface area contributed by atoms with Crippen molar-refractivity contribution in [3.05, 3.63) is 63.5 Å². The molecule has 0 aliphatic carbocycles. The monoisotopic (exact) mass is 268 g/mol. The number of aromatic nitrogens is 1. The Morgan fingerprint density at radius 1 is 1.11 bits per heavy atom. The van der Waals surface area contributed by atoms with Gasteiger partial charge in [0, 0.05) is 15.1 Å². The Hall–Kier alpha value is -1.71. The molecule has 0 aliphatic heterocycles. The van der Waals surface area contributed by atoms with Crippen LogP contribution in [0.2, 0.25) is 0 Å². The summed E-state index contributed by atoms with van der Waals surface area (Å²) in [7, 11) is 0. The minimum absolute atomic E-state index is 0.137. The van der Waals surface area contributed by atoms with E-state index in [0.717, 1.165) is 11.2 Å². The van der Waals surface area contributed by atoms with Crippen LogP contribution < -0.4 is 5.73 Å². The molecule has 2 nitrogen and oxygen atoms in total. The van der Waals surface area contributed by atoms with Crippen molar-refractivity contribution in [3.63, 3.8) is 0 Å². The fourth-order valence-corrected chi connectivity index (χ4v) is 3.19. The maximum Gasteiger partial charge on any atom is 0.0820 e. The number of nitrogens with two attached hydrogens (primary N) is 1. The van der Waals surface area contributed by atoms with E-state index in [1.165, 1.54) is 20.7 Å². The second-order valence-corrected chi connectivity index (χ2v) is 6.13. The molecule has 0 spiro atoms. The van der Waals surface area contributed by atoms with E-state index >= 15 is 0 Å². The molecule has 0 amide bonds. The predicted molar refractivity (Wildman–Crippen MR) is 81.6 cm³/mol. The zero-order chi connectivity index (χ0) is 13.4. The van der Waals surface area contributed by atoms with Crippen LogP contribution >= 0.6 is 11.3 Å². The van der Waals surface area contributed by atoms with Gasteiger partial charge in [-0.25, -0.2) is 0 Å². The zero-order valence-electron chi connectivity index (χ0n) is 11.1. The number of benzene rings is 1. The van der Waals surface area contributed by atoms with Crippen molar-refractivity contribution in [1.82, 2.24) is 4.98 Å². The van der Waals surface area contributed by atoms with Gasteiger partial charge < -0.3 is 5.73 Å². The van der Waals surface area contributed by atoms with Crippen LogP contribution in [0.1, 0.15) is 27.1 Å². The average Bonchev–Trinajstić information content (AvgIpc) is 2.84. The Labute approximate surface area is 116 Å². The van der Waals surface area contributed by atoms with E-state index in [-0.39, 0.29) is 6.04 Å². The highest BCUT2D eigenvalue weighted by Crippen LogP contribution is 2.27. The lowest BCUT2D eigenvalue weighted by Gasteiger charge is -2.12. The lowest BCUT2D eigenvalue weighted by molar-refractivity contribution is 0.853. The molecule has 0 aliphatic rings. The maximum atomic E-state index is 6.34. The van der Waals surface area contributed by atoms with E-state index in [1.54, 1.807) is 11.3 Å². The molecule has 0 fully saturated rings. The highest BCUT2D eigenvalue weighted by Gasteiger charge is 2.14. The SMILES string of the molecule is Cc1ccc(C(N)c2cc(C)c3ccccc3n2)s1. The second-order valence-electron chi connectivity index (χ2n) is 4.81. The first kappa shape index (κ1) is 12.3. The molecule has 0 radical (unpaired) electrons. The van der Waals surface area contributed by atoms with Crippen molar-refractivity contribution in [3.8, 4) is 0 Å². The van der Waals surface area contributed by atoms with Crippen molar-refractivity contribution < 1.29 is 0 Å². The third-order valence-corrected chi connectivity index (χ3v) is 4.41. The first-order valence-electron chi connectivity index (χ1n) is 6.33. The molecule has 19 heavy (non-hydrogen) atoms. The number of pyridine rings is 1. The van der Waals surface area contributed by atoms with Gasteiger partial charge in [-0.3, -0.25) is 4.98 Å². The van der Waals surface area contributed by atoms with Crippen molar-refractivity contribution in [2.24, 2.45) is 5.73 Å². The molecule has 0 bridgehead atoms. The Kier molecular flexibility index (Phi) is 3.09. The smallest absolute Gasteiger partial charge is 0.0820 e. The summed E-state index contributed by atoms with van der Waals surface area (Å²) in [5.41, 5.74) is 9.52.